The van der Waals surface area contributed by atoms with E-state index < -0.39 is 5.69 Å². The minimum Gasteiger partial charge on any atom is -0.292 e. The zero-order chi connectivity index (χ0) is 17.1. The summed E-state index contributed by atoms with van der Waals surface area (Å²) in [4.78, 5) is 19.5. The number of hydrogen-bond acceptors (Lipinski definition) is 5. The van der Waals surface area contributed by atoms with Crippen LogP contribution in [0.1, 0.15) is 17.5 Å². The van der Waals surface area contributed by atoms with Crippen molar-refractivity contribution in [3.8, 4) is 5.69 Å². The number of rotatable bonds is 2. The molecule has 0 spiro atoms. The number of anilines is 1. The van der Waals surface area contributed by atoms with Crippen molar-refractivity contribution in [2.75, 3.05) is 5.43 Å². The summed E-state index contributed by atoms with van der Waals surface area (Å²) in [5.41, 5.74) is 7.55. The number of aryl methyl sites for hydroxylation is 2. The summed E-state index contributed by atoms with van der Waals surface area (Å²) in [6.07, 6.45) is 11.3. The van der Waals surface area contributed by atoms with Crippen LogP contribution in [0.25, 0.3) is 5.69 Å². The van der Waals surface area contributed by atoms with Crippen molar-refractivity contribution in [1.82, 2.24) is 14.5 Å². The Bertz CT molecular complexity index is 881. The molecule has 0 unspecified atom stereocenters. The first-order chi connectivity index (χ1) is 11.6. The first-order valence-electron chi connectivity index (χ1n) is 7.65. The van der Waals surface area contributed by atoms with Crippen LogP contribution < -0.4 is 17.0 Å². The van der Waals surface area contributed by atoms with Gasteiger partial charge in [0, 0.05) is 0 Å². The third-order valence-corrected chi connectivity index (χ3v) is 3.94. The highest BCUT2D eigenvalue weighted by molar-refractivity contribution is 5.49. The van der Waals surface area contributed by atoms with Crippen LogP contribution in [0.3, 0.4) is 0 Å². The second-order valence-electron chi connectivity index (χ2n) is 5.71. The fourth-order valence-corrected chi connectivity index (χ4v) is 2.75. The predicted molar refractivity (Wildman–Crippen MR) is 94.8 cm³/mol. The van der Waals surface area contributed by atoms with Crippen LogP contribution in [0.15, 0.2) is 64.8 Å². The molecule has 2 bridgehead atoms. The lowest BCUT2D eigenvalue weighted by atomic mass is 10.1. The van der Waals surface area contributed by atoms with E-state index in [0.29, 0.717) is 0 Å². The van der Waals surface area contributed by atoms with E-state index in [0.717, 1.165) is 16.8 Å². The van der Waals surface area contributed by atoms with Crippen LogP contribution in [0.5, 0.6) is 0 Å². The maximum absolute atomic E-state index is 11.8. The number of para-hydroxylation sites is 1. The number of fused-ring (bicyclic) bond motifs is 2. The monoisotopic (exact) mass is 321 g/mol. The minimum atomic E-state index is -0.412. The average Bonchev–Trinajstić information content (AvgIpc) is 3.22. The van der Waals surface area contributed by atoms with Gasteiger partial charge in [-0.05, 0) is 42.5 Å². The molecule has 1 aromatic carbocycles. The van der Waals surface area contributed by atoms with Gasteiger partial charge in [0.25, 0.3) is 0 Å². The third kappa shape index (κ3) is 3.18. The van der Waals surface area contributed by atoms with E-state index in [1.165, 1.54) is 28.5 Å². The highest BCUT2D eigenvalue weighted by atomic mass is 16.1. The van der Waals surface area contributed by atoms with Gasteiger partial charge in [0.1, 0.15) is 6.33 Å². The lowest BCUT2D eigenvalue weighted by Crippen LogP contribution is -2.26. The van der Waals surface area contributed by atoms with Gasteiger partial charge in [0.15, 0.2) is 0 Å². The van der Waals surface area contributed by atoms with E-state index in [-0.39, 0.29) is 5.95 Å². The van der Waals surface area contributed by atoms with Gasteiger partial charge in [0.2, 0.25) is 5.95 Å². The molecule has 1 heterocycles. The first-order valence-corrected chi connectivity index (χ1v) is 7.65. The Morgan fingerprint density at radius 3 is 2.17 bits per heavy atom. The van der Waals surface area contributed by atoms with Crippen LogP contribution >= 0.6 is 0 Å². The number of nitrogens with two attached hydrogens (primary N) is 1. The number of nitrogens with one attached hydrogen (secondary N) is 1. The molecule has 122 valence electrons. The SMILES string of the molecule is C1=CC2=CC=C1C2.Cc1cccc(C)c1-n1cnc(NN)nc1=O. The summed E-state index contributed by atoms with van der Waals surface area (Å²) in [5, 5.41) is 0. The summed E-state index contributed by atoms with van der Waals surface area (Å²) in [7, 11) is 0. The van der Waals surface area contributed by atoms with Crippen molar-refractivity contribution in [3.63, 3.8) is 0 Å². The largest absolute Gasteiger partial charge is 0.356 e. The standard InChI is InChI=1S/C11H13N5O.C7H6/c1-7-4-3-5-8(2)9(7)16-6-13-10(15-12)14-11(16)17;1-2-7-4-3-6(1)5-7/h3-6H,12H2,1-2H3,(H,14,15,17);1-4H,5H2. The number of nitrogen functional groups attached to an aromatic ring is 1. The van der Waals surface area contributed by atoms with E-state index in [2.05, 4.69) is 39.7 Å². The second kappa shape index (κ2) is 6.64. The molecule has 0 saturated heterocycles. The summed E-state index contributed by atoms with van der Waals surface area (Å²) in [6, 6.07) is 5.81. The molecule has 2 aliphatic carbocycles. The van der Waals surface area contributed by atoms with E-state index in [4.69, 9.17) is 5.84 Å². The maximum atomic E-state index is 11.8. The molecule has 0 fully saturated rings. The highest BCUT2D eigenvalue weighted by Gasteiger charge is 2.08. The number of allylic oxidation sites excluding steroid dienone is 6. The molecule has 1 aromatic heterocycles. The fraction of sp³-hybridized carbons (Fsp3) is 0.167. The Labute approximate surface area is 140 Å². The van der Waals surface area contributed by atoms with Crippen molar-refractivity contribution in [3.05, 3.63) is 81.6 Å². The molecule has 6 nitrogen and oxygen atoms in total. The maximum Gasteiger partial charge on any atom is 0.356 e. The fourth-order valence-electron chi connectivity index (χ4n) is 2.75. The summed E-state index contributed by atoms with van der Waals surface area (Å²) >= 11 is 0. The topological polar surface area (TPSA) is 85.8 Å². The number of hydrogen-bond donors (Lipinski definition) is 2. The molecule has 0 amide bonds. The molecule has 0 radical (unpaired) electrons. The summed E-state index contributed by atoms with van der Waals surface area (Å²) in [6.45, 7) is 3.87. The molecule has 3 N–H and O–H groups in total. The van der Waals surface area contributed by atoms with Crippen molar-refractivity contribution in [2.24, 2.45) is 5.84 Å². The normalized spacial score (nSPS) is 14.0. The van der Waals surface area contributed by atoms with Crippen LogP contribution in [0.4, 0.5) is 5.95 Å². The van der Waals surface area contributed by atoms with Gasteiger partial charge < -0.3 is 0 Å². The van der Waals surface area contributed by atoms with Gasteiger partial charge in [0.05, 0.1) is 5.69 Å². The molecule has 0 aliphatic heterocycles. The van der Waals surface area contributed by atoms with Gasteiger partial charge >= 0.3 is 5.69 Å². The zero-order valence-corrected chi connectivity index (χ0v) is 13.7. The first kappa shape index (κ1) is 15.9. The smallest absolute Gasteiger partial charge is 0.292 e. The van der Waals surface area contributed by atoms with E-state index >= 15 is 0 Å². The lowest BCUT2D eigenvalue weighted by molar-refractivity contribution is 0.848. The highest BCUT2D eigenvalue weighted by Crippen LogP contribution is 2.27. The van der Waals surface area contributed by atoms with Gasteiger partial charge in [-0.3, -0.25) is 9.99 Å². The van der Waals surface area contributed by atoms with E-state index in [1.54, 1.807) is 0 Å². The van der Waals surface area contributed by atoms with Crippen LogP contribution in [0, 0.1) is 13.8 Å². The Balaban J connectivity index is 0.000000198. The quantitative estimate of drug-likeness (QED) is 0.655. The van der Waals surface area contributed by atoms with Crippen molar-refractivity contribution < 1.29 is 0 Å². The molecule has 6 heteroatoms. The summed E-state index contributed by atoms with van der Waals surface area (Å²) in [5.74, 6) is 5.25. The second-order valence-corrected chi connectivity index (χ2v) is 5.71. The van der Waals surface area contributed by atoms with E-state index in [9.17, 15) is 4.79 Å². The Hall–Kier alpha value is -2.99. The van der Waals surface area contributed by atoms with Gasteiger partial charge in [-0.15, -0.1) is 0 Å². The summed E-state index contributed by atoms with van der Waals surface area (Å²) < 4.78 is 1.41. The van der Waals surface area contributed by atoms with Crippen molar-refractivity contribution in [1.29, 1.82) is 0 Å². The molecule has 2 aliphatic rings. The zero-order valence-electron chi connectivity index (χ0n) is 13.7. The van der Waals surface area contributed by atoms with Gasteiger partial charge in [-0.25, -0.2) is 15.6 Å². The van der Waals surface area contributed by atoms with Crippen LogP contribution in [-0.2, 0) is 0 Å². The minimum absolute atomic E-state index is 0.109. The number of nitrogens with zero attached hydrogens (tertiary/aromatic N) is 3. The Morgan fingerprint density at radius 2 is 1.75 bits per heavy atom. The Morgan fingerprint density at radius 1 is 1.12 bits per heavy atom. The Kier molecular flexibility index (Phi) is 4.39. The predicted octanol–water partition coefficient (Wildman–Crippen LogP) is 2.34. The van der Waals surface area contributed by atoms with Gasteiger partial charge in [-0.1, -0.05) is 42.5 Å². The molecular weight excluding hydrogens is 302 g/mol. The molecule has 0 atom stereocenters. The lowest BCUT2D eigenvalue weighted by Gasteiger charge is -2.11. The molecule has 4 rings (SSSR count). The molecule has 0 saturated carbocycles. The number of hydrazine groups is 1. The molecular formula is C18H19N5O. The number of aromatic nitrogens is 3. The molecule has 24 heavy (non-hydrogen) atoms. The molecule has 2 aromatic rings. The third-order valence-electron chi connectivity index (χ3n) is 3.94. The number of benzene rings is 1. The van der Waals surface area contributed by atoms with Crippen LogP contribution in [0.2, 0.25) is 0 Å². The van der Waals surface area contributed by atoms with Gasteiger partial charge in [-0.2, -0.15) is 4.98 Å². The van der Waals surface area contributed by atoms with E-state index in [1.807, 2.05) is 32.0 Å². The average molecular weight is 321 g/mol. The van der Waals surface area contributed by atoms with Crippen molar-refractivity contribution >= 4 is 5.95 Å². The van der Waals surface area contributed by atoms with Crippen LogP contribution in [-0.4, -0.2) is 14.5 Å². The van der Waals surface area contributed by atoms with Crippen molar-refractivity contribution in [2.45, 2.75) is 20.3 Å².